The van der Waals surface area contributed by atoms with Gasteiger partial charge in [-0.2, -0.15) is 0 Å². The van der Waals surface area contributed by atoms with Gasteiger partial charge in [0.2, 0.25) is 0 Å². The molecule has 0 aliphatic rings. The molecule has 0 saturated heterocycles. The number of rotatable bonds is 6. The maximum absolute atomic E-state index is 12.4. The molecule has 0 spiro atoms. The molecule has 0 fully saturated rings. The predicted octanol–water partition coefficient (Wildman–Crippen LogP) is 2.96. The van der Waals surface area contributed by atoms with Gasteiger partial charge in [-0.3, -0.25) is 24.7 Å². The van der Waals surface area contributed by atoms with E-state index in [4.69, 9.17) is 10.2 Å². The number of carbonyl (C=O) groups excluding carboxylic acids is 3. The van der Waals surface area contributed by atoms with Crippen molar-refractivity contribution in [3.8, 4) is 0 Å². The van der Waals surface area contributed by atoms with Gasteiger partial charge >= 0.3 is 28.7 Å². The standard InChI is InChI=1S/C17H10O9.2C12H8N2.Co.2H2O/c18-13(7-1-3-9(14(19)20)11(5-7)16(23)24)8-2-4-10(15(21)22)12(6-8)17(25)26;2*1-3-9-5-6-10-4-2-8-14-12(10)11(9)13-7-1;;;/h1-6H,(H,19,20)(H,21,22)(H,23,24)(H,25,26);2*1-8H;;2*1H2/q;;;+2;;/p-2. The van der Waals surface area contributed by atoms with Crippen LogP contribution in [0, 0.1) is 0 Å². The molecule has 4 aromatic heterocycles. The molecule has 0 saturated carbocycles. The molecule has 15 nitrogen and oxygen atoms in total. The molecule has 0 aliphatic heterocycles. The average Bonchev–Trinajstić information content (AvgIpc) is 3.20. The smallest absolute Gasteiger partial charge is 0.545 e. The second-order valence-electron chi connectivity index (χ2n) is 11.5. The minimum Gasteiger partial charge on any atom is -0.545 e. The Hall–Kier alpha value is -7.50. The van der Waals surface area contributed by atoms with Crippen LogP contribution in [0.3, 0.4) is 0 Å². The molecule has 287 valence electrons. The fourth-order valence-corrected chi connectivity index (χ4v) is 5.61. The van der Waals surface area contributed by atoms with Gasteiger partial charge in [0.15, 0.2) is 5.78 Å². The Bertz CT molecular complexity index is 2500. The first-order chi connectivity index (χ1) is 26.0. The summed E-state index contributed by atoms with van der Waals surface area (Å²) in [6.07, 6.45) is 7.21. The second kappa shape index (κ2) is 19.2. The van der Waals surface area contributed by atoms with Crippen LogP contribution in [0.4, 0.5) is 0 Å². The predicted molar refractivity (Wildman–Crippen MR) is 200 cm³/mol. The second-order valence-corrected chi connectivity index (χ2v) is 11.5. The van der Waals surface area contributed by atoms with Gasteiger partial charge in [0.25, 0.3) is 0 Å². The summed E-state index contributed by atoms with van der Waals surface area (Å²) in [7, 11) is 0. The van der Waals surface area contributed by atoms with Crippen LogP contribution in [-0.4, -0.2) is 70.8 Å². The van der Waals surface area contributed by atoms with E-state index in [2.05, 4.69) is 68.5 Å². The van der Waals surface area contributed by atoms with Crippen LogP contribution < -0.4 is 10.2 Å². The monoisotopic (exact) mass is 811 g/mol. The van der Waals surface area contributed by atoms with Crippen molar-refractivity contribution in [2.75, 3.05) is 0 Å². The third-order valence-corrected chi connectivity index (χ3v) is 8.15. The minimum absolute atomic E-state index is 0. The zero-order valence-electron chi connectivity index (χ0n) is 29.1. The first-order valence-corrected chi connectivity index (χ1v) is 15.9. The number of nitrogens with zero attached hydrogens (tertiary/aromatic N) is 4. The molecule has 0 unspecified atom stereocenters. The maximum atomic E-state index is 12.4. The molecule has 0 amide bonds. The molecule has 0 aliphatic carbocycles. The average molecular weight is 812 g/mol. The van der Waals surface area contributed by atoms with Crippen LogP contribution in [0.2, 0.25) is 0 Å². The topological polar surface area (TPSA) is 286 Å². The molecule has 8 rings (SSSR count). The molecule has 6 N–H and O–H groups in total. The number of fused-ring (bicyclic) bond motifs is 6. The largest absolute Gasteiger partial charge is 2.00 e. The van der Waals surface area contributed by atoms with E-state index in [0.717, 1.165) is 80.0 Å². The molecule has 0 bridgehead atoms. The summed E-state index contributed by atoms with van der Waals surface area (Å²) in [5.41, 5.74) is 0.802. The summed E-state index contributed by atoms with van der Waals surface area (Å²) in [5, 5.41) is 44.5. The molecule has 57 heavy (non-hydrogen) atoms. The van der Waals surface area contributed by atoms with E-state index in [1.807, 2.05) is 24.3 Å². The van der Waals surface area contributed by atoms with Gasteiger partial charge in [-0.25, -0.2) is 9.59 Å². The number of carboxylic acid groups (broad SMARTS) is 4. The molecule has 16 heteroatoms. The molecular weight excluding hydrogens is 783 g/mol. The van der Waals surface area contributed by atoms with Crippen LogP contribution in [0.1, 0.15) is 57.4 Å². The van der Waals surface area contributed by atoms with Crippen molar-refractivity contribution >= 4 is 73.3 Å². The van der Waals surface area contributed by atoms with Gasteiger partial charge in [0.1, 0.15) is 0 Å². The van der Waals surface area contributed by atoms with Gasteiger partial charge in [0.05, 0.1) is 45.1 Å². The molecule has 1 radical (unpaired) electrons. The van der Waals surface area contributed by atoms with Crippen LogP contribution >= 0.6 is 0 Å². The van der Waals surface area contributed by atoms with Crippen molar-refractivity contribution in [2.24, 2.45) is 0 Å². The zero-order chi connectivity index (χ0) is 38.4. The number of aromatic carboxylic acids is 4. The van der Waals surface area contributed by atoms with Crippen molar-refractivity contribution in [3.63, 3.8) is 0 Å². The van der Waals surface area contributed by atoms with Gasteiger partial charge in [-0.05, 0) is 42.5 Å². The van der Waals surface area contributed by atoms with Crippen LogP contribution in [-0.2, 0) is 16.8 Å². The number of aromatic nitrogens is 4. The summed E-state index contributed by atoms with van der Waals surface area (Å²) >= 11 is 0. The van der Waals surface area contributed by atoms with Gasteiger partial charge in [0, 0.05) is 68.6 Å². The van der Waals surface area contributed by atoms with E-state index in [-0.39, 0.29) is 38.9 Å². The summed E-state index contributed by atoms with van der Waals surface area (Å²) in [6, 6.07) is 29.7. The number of hydrogen-bond acceptors (Lipinski definition) is 11. The molecule has 8 aromatic rings. The van der Waals surface area contributed by atoms with Gasteiger partial charge < -0.3 is 41.0 Å². The normalized spacial score (nSPS) is 9.96. The Labute approximate surface area is 331 Å². The Morgan fingerprint density at radius 2 is 0.737 bits per heavy atom. The fourth-order valence-electron chi connectivity index (χ4n) is 5.61. The summed E-state index contributed by atoms with van der Waals surface area (Å²) in [6.45, 7) is 0. The Kier molecular flexibility index (Phi) is 14.8. The van der Waals surface area contributed by atoms with Crippen LogP contribution in [0.25, 0.3) is 43.6 Å². The third-order valence-electron chi connectivity index (χ3n) is 8.15. The Morgan fingerprint density at radius 1 is 0.421 bits per heavy atom. The quantitative estimate of drug-likeness (QED) is 0.181. The SMILES string of the molecule is O.O.O=C(c1ccc(C(=O)[O-])c(C(=O)[O-])c1)c1ccc(C(=O)O)c(C(=O)O)c1.[Co+2].c1cnc2c(c1)ccc1cccnc12.c1cnc2c(c1)ccc1cccnc12. The van der Waals surface area contributed by atoms with E-state index in [1.165, 1.54) is 0 Å². The van der Waals surface area contributed by atoms with Crippen molar-refractivity contribution in [1.82, 2.24) is 19.9 Å². The van der Waals surface area contributed by atoms with E-state index in [0.29, 0.717) is 0 Å². The number of ketones is 1. The van der Waals surface area contributed by atoms with E-state index in [9.17, 15) is 34.2 Å². The van der Waals surface area contributed by atoms with Crippen molar-refractivity contribution in [2.45, 2.75) is 0 Å². The number of pyridine rings is 4. The Morgan fingerprint density at radius 3 is 1.05 bits per heavy atom. The minimum atomic E-state index is -1.84. The van der Waals surface area contributed by atoms with Crippen molar-refractivity contribution in [3.05, 3.63) is 167 Å². The van der Waals surface area contributed by atoms with Crippen molar-refractivity contribution in [1.29, 1.82) is 0 Å². The maximum Gasteiger partial charge on any atom is 2.00 e. The fraction of sp³-hybridized carbons (Fsp3) is 0. The number of carbonyl (C=O) groups is 5. The first-order valence-electron chi connectivity index (χ1n) is 15.9. The van der Waals surface area contributed by atoms with Gasteiger partial charge in [-0.1, -0.05) is 66.7 Å². The third kappa shape index (κ3) is 9.60. The van der Waals surface area contributed by atoms with E-state index in [1.54, 1.807) is 24.8 Å². The van der Waals surface area contributed by atoms with Crippen LogP contribution in [0.15, 0.2) is 134 Å². The van der Waals surface area contributed by atoms with Gasteiger partial charge in [-0.15, -0.1) is 0 Å². The van der Waals surface area contributed by atoms with Crippen molar-refractivity contribution < 1.29 is 72.1 Å². The van der Waals surface area contributed by atoms with E-state index >= 15 is 0 Å². The number of carboxylic acids is 4. The first kappa shape index (κ1) is 43.9. The molecule has 4 aromatic carbocycles. The summed E-state index contributed by atoms with van der Waals surface area (Å²) < 4.78 is 0. The zero-order valence-corrected chi connectivity index (χ0v) is 30.1. The number of benzene rings is 4. The Balaban J connectivity index is 0.000000238. The number of hydrogen-bond donors (Lipinski definition) is 2. The summed E-state index contributed by atoms with van der Waals surface area (Å²) in [5.74, 6) is -7.52. The molecular formula is C41H28CoN4O11. The van der Waals surface area contributed by atoms with Crippen LogP contribution in [0.5, 0.6) is 0 Å². The molecule has 4 heterocycles. The molecule has 0 atom stereocenters. The van der Waals surface area contributed by atoms with E-state index < -0.39 is 51.9 Å². The summed E-state index contributed by atoms with van der Waals surface area (Å²) in [4.78, 5) is 73.9.